The Labute approximate surface area is 133 Å². The number of benzene rings is 1. The van der Waals surface area contributed by atoms with Gasteiger partial charge in [-0.15, -0.1) is 25.6 Å². The van der Waals surface area contributed by atoms with Crippen LogP contribution in [0, 0.1) is 0 Å². The Balaban J connectivity index is 0.00000484. The van der Waals surface area contributed by atoms with Crippen LogP contribution >= 0.6 is 12.4 Å². The zero-order chi connectivity index (χ0) is 17.1. The molecule has 0 heterocycles. The van der Waals surface area contributed by atoms with Gasteiger partial charge >= 0.3 is 18.3 Å². The molecule has 0 aliphatic carbocycles. The molecule has 0 saturated heterocycles. The van der Waals surface area contributed by atoms with Crippen LogP contribution in [0.4, 0.5) is 22.0 Å². The molecule has 0 aliphatic rings. The fraction of sp³-hybridized carbons (Fsp3) is 0.417. The van der Waals surface area contributed by atoms with Crippen molar-refractivity contribution in [2.24, 2.45) is 5.73 Å². The summed E-state index contributed by atoms with van der Waals surface area (Å²) in [5.74, 6) is -8.55. The zero-order valence-electron chi connectivity index (χ0n) is 11.6. The third-order valence-corrected chi connectivity index (χ3v) is 2.53. The van der Waals surface area contributed by atoms with Gasteiger partial charge < -0.3 is 20.3 Å². The number of hydrogen-bond donors (Lipinski definition) is 2. The smallest absolute Gasteiger partial charge is 0.504 e. The molecule has 23 heavy (non-hydrogen) atoms. The van der Waals surface area contributed by atoms with Gasteiger partial charge in [-0.3, -0.25) is 0 Å². The lowest BCUT2D eigenvalue weighted by Gasteiger charge is -2.23. The first-order valence-electron chi connectivity index (χ1n) is 5.89. The lowest BCUT2D eigenvalue weighted by molar-refractivity contribution is -0.275. The van der Waals surface area contributed by atoms with Crippen LogP contribution in [-0.2, 0) is 9.53 Å². The fourth-order valence-electron chi connectivity index (χ4n) is 1.55. The summed E-state index contributed by atoms with van der Waals surface area (Å²) in [6.45, 7) is 0.944. The quantitative estimate of drug-likeness (QED) is 0.619. The van der Waals surface area contributed by atoms with Gasteiger partial charge in [0.1, 0.15) is 6.04 Å². The minimum atomic E-state index is -5.14. The number of esters is 1. The molecule has 0 bridgehead atoms. The van der Waals surface area contributed by atoms with E-state index in [1.54, 1.807) is 0 Å². The molecule has 132 valence electrons. The second kappa shape index (κ2) is 7.64. The third-order valence-electron chi connectivity index (χ3n) is 2.53. The van der Waals surface area contributed by atoms with Gasteiger partial charge in [-0.1, -0.05) is 12.1 Å². The number of para-hydroxylation sites is 1. The van der Waals surface area contributed by atoms with Gasteiger partial charge in [0.05, 0.1) is 6.61 Å². The molecule has 0 fully saturated rings. The predicted octanol–water partition coefficient (Wildman–Crippen LogP) is 2.91. The Morgan fingerprint density at radius 1 is 1.30 bits per heavy atom. The highest BCUT2D eigenvalue weighted by molar-refractivity contribution is 5.85. The molecule has 0 unspecified atom stereocenters. The summed E-state index contributed by atoms with van der Waals surface area (Å²) >= 11 is 0. The van der Waals surface area contributed by atoms with Crippen LogP contribution in [0.15, 0.2) is 18.2 Å². The van der Waals surface area contributed by atoms with Crippen LogP contribution < -0.4 is 10.5 Å². The highest BCUT2D eigenvalue weighted by Gasteiger charge is 2.49. The van der Waals surface area contributed by atoms with E-state index in [0.29, 0.717) is 6.07 Å². The number of aromatic hydroxyl groups is 1. The molecule has 0 saturated carbocycles. The van der Waals surface area contributed by atoms with Gasteiger partial charge in [0.15, 0.2) is 11.5 Å². The average molecular weight is 366 g/mol. The number of ether oxygens (including phenoxy) is 2. The van der Waals surface area contributed by atoms with E-state index in [4.69, 9.17) is 5.73 Å². The number of halogens is 6. The summed E-state index contributed by atoms with van der Waals surface area (Å²) in [6.07, 6.45) is -5.14. The van der Waals surface area contributed by atoms with Crippen molar-refractivity contribution in [3.8, 4) is 11.5 Å². The molecule has 0 aliphatic heterocycles. The van der Waals surface area contributed by atoms with E-state index in [-0.39, 0.29) is 19.0 Å². The van der Waals surface area contributed by atoms with Crippen molar-refractivity contribution in [3.05, 3.63) is 23.8 Å². The van der Waals surface area contributed by atoms with Crippen LogP contribution in [0.1, 0.15) is 18.5 Å². The van der Waals surface area contributed by atoms with Crippen LogP contribution in [0.5, 0.6) is 11.5 Å². The molecule has 1 aromatic rings. The van der Waals surface area contributed by atoms with Crippen molar-refractivity contribution in [2.75, 3.05) is 6.61 Å². The summed E-state index contributed by atoms with van der Waals surface area (Å²) in [7, 11) is 0. The van der Waals surface area contributed by atoms with Gasteiger partial charge in [0.25, 0.3) is 0 Å². The highest BCUT2D eigenvalue weighted by Crippen LogP contribution is 2.40. The third kappa shape index (κ3) is 5.10. The number of nitrogens with two attached hydrogens (primary N) is 1. The van der Waals surface area contributed by atoms with Crippen molar-refractivity contribution in [1.82, 2.24) is 0 Å². The topological polar surface area (TPSA) is 81.8 Å². The maximum Gasteiger partial charge on any atom is 0.573 e. The molecular formula is C12H13ClF5NO4. The van der Waals surface area contributed by atoms with Crippen molar-refractivity contribution in [2.45, 2.75) is 25.3 Å². The number of phenolic OH excluding ortho intramolecular Hbond substituents is 1. The summed E-state index contributed by atoms with van der Waals surface area (Å²) in [5.41, 5.74) is 4.40. The highest BCUT2D eigenvalue weighted by atomic mass is 35.5. The Morgan fingerprint density at radius 2 is 1.87 bits per heavy atom. The molecule has 1 aromatic carbocycles. The normalized spacial score (nSPS) is 13.0. The van der Waals surface area contributed by atoms with E-state index >= 15 is 0 Å². The molecular weight excluding hydrogens is 353 g/mol. The van der Waals surface area contributed by atoms with E-state index in [2.05, 4.69) is 9.47 Å². The van der Waals surface area contributed by atoms with Gasteiger partial charge in [-0.2, -0.15) is 8.78 Å². The minimum Gasteiger partial charge on any atom is -0.504 e. The van der Waals surface area contributed by atoms with E-state index in [9.17, 15) is 31.9 Å². The Hall–Kier alpha value is -1.81. The number of rotatable bonds is 5. The Bertz CT molecular complexity index is 553. The molecule has 3 N–H and O–H groups in total. The molecule has 11 heteroatoms. The lowest BCUT2D eigenvalue weighted by Crippen LogP contribution is -2.41. The first-order valence-corrected chi connectivity index (χ1v) is 5.89. The van der Waals surface area contributed by atoms with Crippen molar-refractivity contribution >= 4 is 18.4 Å². The molecule has 0 aromatic heterocycles. The van der Waals surface area contributed by atoms with Crippen LogP contribution in [-0.4, -0.2) is 30.0 Å². The van der Waals surface area contributed by atoms with Crippen LogP contribution in [0.2, 0.25) is 0 Å². The average Bonchev–Trinajstić information content (AvgIpc) is 2.39. The van der Waals surface area contributed by atoms with E-state index in [0.717, 1.165) is 12.1 Å². The number of carbonyl (C=O) groups excluding carboxylic acids is 1. The zero-order valence-corrected chi connectivity index (χ0v) is 12.4. The predicted molar refractivity (Wildman–Crippen MR) is 70.5 cm³/mol. The standard InChI is InChI=1S/C12H12F5NO4.ClH/c1-2-21-10(20)11(13,14)9(18)6-4-3-5-7(8(6)19)22-12(15,16)17;/h3-5,9,19H,2,18H2,1H3;1H/t9-;/m1./s1. The number of carbonyl (C=O) groups is 1. The largest absolute Gasteiger partial charge is 0.573 e. The minimum absolute atomic E-state index is 0. The van der Waals surface area contributed by atoms with Crippen molar-refractivity contribution in [1.29, 1.82) is 0 Å². The van der Waals surface area contributed by atoms with Crippen LogP contribution in [0.3, 0.4) is 0 Å². The first kappa shape index (κ1) is 21.2. The van der Waals surface area contributed by atoms with Gasteiger partial charge in [0.2, 0.25) is 0 Å². The SMILES string of the molecule is CCOC(=O)C(F)(F)[C@H](N)c1cccc(OC(F)(F)F)c1O.Cl. The molecule has 0 amide bonds. The lowest BCUT2D eigenvalue weighted by atomic mass is 10.00. The second-order valence-corrected chi connectivity index (χ2v) is 4.06. The van der Waals surface area contributed by atoms with Crippen LogP contribution in [0.25, 0.3) is 0 Å². The number of alkyl halides is 5. The van der Waals surface area contributed by atoms with E-state index in [1.807, 2.05) is 0 Å². The van der Waals surface area contributed by atoms with Gasteiger partial charge in [0, 0.05) is 5.56 Å². The molecule has 1 rings (SSSR count). The Morgan fingerprint density at radius 3 is 2.35 bits per heavy atom. The molecule has 0 spiro atoms. The summed E-state index contributed by atoms with van der Waals surface area (Å²) in [5, 5.41) is 9.61. The second-order valence-electron chi connectivity index (χ2n) is 4.06. The van der Waals surface area contributed by atoms with E-state index in [1.165, 1.54) is 6.92 Å². The fourth-order valence-corrected chi connectivity index (χ4v) is 1.55. The van der Waals surface area contributed by atoms with Crippen molar-refractivity contribution < 1.29 is 41.3 Å². The number of phenols is 1. The summed E-state index contributed by atoms with van der Waals surface area (Å²) in [4.78, 5) is 11.2. The molecule has 5 nitrogen and oxygen atoms in total. The monoisotopic (exact) mass is 365 g/mol. The molecule has 1 atom stereocenters. The first-order chi connectivity index (χ1) is 10.0. The maximum atomic E-state index is 13.8. The summed E-state index contributed by atoms with van der Waals surface area (Å²) < 4.78 is 71.5. The Kier molecular flexibility index (Phi) is 7.04. The van der Waals surface area contributed by atoms with Crippen molar-refractivity contribution in [3.63, 3.8) is 0 Å². The summed E-state index contributed by atoms with van der Waals surface area (Å²) in [6, 6.07) is 0.0538. The van der Waals surface area contributed by atoms with E-state index < -0.39 is 41.4 Å². The number of hydrogen-bond acceptors (Lipinski definition) is 5. The van der Waals surface area contributed by atoms with Gasteiger partial charge in [-0.25, -0.2) is 4.79 Å². The molecule has 0 radical (unpaired) electrons. The maximum absolute atomic E-state index is 13.8. The van der Waals surface area contributed by atoms with Gasteiger partial charge in [-0.05, 0) is 13.0 Å².